The Morgan fingerprint density at radius 2 is 2.00 bits per heavy atom. The molecule has 2 aromatic rings. The molecule has 0 radical (unpaired) electrons. The summed E-state index contributed by atoms with van der Waals surface area (Å²) in [6, 6.07) is 7.87. The molecular weight excluding hydrogens is 242 g/mol. The second-order valence-electron chi connectivity index (χ2n) is 4.33. The average molecular weight is 261 g/mol. The van der Waals surface area contributed by atoms with Gasteiger partial charge in [0, 0.05) is 12.5 Å². The minimum absolute atomic E-state index is 0.0818. The third-order valence-corrected chi connectivity index (χ3v) is 2.93. The number of ether oxygens (including phenoxy) is 1. The number of rotatable bonds is 6. The predicted molar refractivity (Wildman–Crippen MR) is 71.7 cm³/mol. The molecule has 2 N–H and O–H groups in total. The van der Waals surface area contributed by atoms with Crippen molar-refractivity contribution in [3.05, 3.63) is 41.5 Å². The van der Waals surface area contributed by atoms with Gasteiger partial charge < -0.3 is 15.0 Å². The third kappa shape index (κ3) is 3.54. The van der Waals surface area contributed by atoms with Crippen molar-refractivity contribution >= 4 is 0 Å². The van der Waals surface area contributed by atoms with Crippen molar-refractivity contribution < 1.29 is 9.26 Å². The van der Waals surface area contributed by atoms with Crippen molar-refractivity contribution in [2.45, 2.75) is 39.3 Å². The smallest absolute Gasteiger partial charge is 0.226 e. The number of aromatic nitrogens is 2. The summed E-state index contributed by atoms with van der Waals surface area (Å²) in [4.78, 5) is 4.18. The van der Waals surface area contributed by atoms with Crippen LogP contribution in [0.3, 0.4) is 0 Å². The summed E-state index contributed by atoms with van der Waals surface area (Å²) < 4.78 is 10.6. The van der Waals surface area contributed by atoms with Gasteiger partial charge in [0.15, 0.2) is 6.61 Å². The summed E-state index contributed by atoms with van der Waals surface area (Å²) in [7, 11) is 0. The largest absolute Gasteiger partial charge is 0.485 e. The van der Waals surface area contributed by atoms with Crippen LogP contribution in [0.1, 0.15) is 43.6 Å². The fraction of sp³-hybridized carbons (Fsp3) is 0.429. The molecule has 0 aliphatic rings. The molecule has 1 atom stereocenters. The lowest BCUT2D eigenvalue weighted by Gasteiger charge is -2.10. The normalized spacial score (nSPS) is 12.4. The monoisotopic (exact) mass is 261 g/mol. The summed E-state index contributed by atoms with van der Waals surface area (Å²) in [5.74, 6) is 1.96. The number of nitrogens with zero attached hydrogens (tertiary/aromatic N) is 2. The zero-order chi connectivity index (χ0) is 13.7. The predicted octanol–water partition coefficient (Wildman–Crippen LogP) is 2.62. The van der Waals surface area contributed by atoms with Crippen molar-refractivity contribution in [2.75, 3.05) is 0 Å². The van der Waals surface area contributed by atoms with Gasteiger partial charge in [0.2, 0.25) is 11.7 Å². The van der Waals surface area contributed by atoms with Gasteiger partial charge in [-0.2, -0.15) is 4.98 Å². The molecule has 0 fully saturated rings. The molecule has 2 rings (SSSR count). The highest BCUT2D eigenvalue weighted by atomic mass is 16.5. The second-order valence-corrected chi connectivity index (χ2v) is 4.33. The average Bonchev–Trinajstić information content (AvgIpc) is 2.93. The Kier molecular flexibility index (Phi) is 4.52. The Hall–Kier alpha value is -1.88. The molecule has 0 bridgehead atoms. The van der Waals surface area contributed by atoms with E-state index < -0.39 is 0 Å². The number of aryl methyl sites for hydroxylation is 1. The highest BCUT2D eigenvalue weighted by Gasteiger charge is 2.06. The maximum atomic E-state index is 5.95. The molecular formula is C14H19N3O2. The third-order valence-electron chi connectivity index (χ3n) is 2.93. The molecule has 5 heteroatoms. The van der Waals surface area contributed by atoms with Gasteiger partial charge in [-0.3, -0.25) is 0 Å². The maximum absolute atomic E-state index is 5.95. The maximum Gasteiger partial charge on any atom is 0.226 e. The number of hydrogen-bond acceptors (Lipinski definition) is 5. The van der Waals surface area contributed by atoms with Crippen LogP contribution in [-0.2, 0) is 13.0 Å². The van der Waals surface area contributed by atoms with Crippen molar-refractivity contribution in [2.24, 2.45) is 5.73 Å². The van der Waals surface area contributed by atoms with Gasteiger partial charge in [-0.1, -0.05) is 31.1 Å². The van der Waals surface area contributed by atoms with Crippen LogP contribution in [0.2, 0.25) is 0 Å². The first-order valence-electron chi connectivity index (χ1n) is 6.52. The molecule has 0 unspecified atom stereocenters. The summed E-state index contributed by atoms with van der Waals surface area (Å²) >= 11 is 0. The number of benzene rings is 1. The van der Waals surface area contributed by atoms with E-state index in [0.717, 1.165) is 24.2 Å². The SMILES string of the molecule is CCc1nc(COc2ccc([C@H](N)CC)cc2)no1. The van der Waals surface area contributed by atoms with Gasteiger partial charge in [-0.15, -0.1) is 0 Å². The zero-order valence-electron chi connectivity index (χ0n) is 11.3. The molecule has 0 aliphatic heterocycles. The standard InChI is InChI=1S/C14H19N3O2/c1-3-12(15)10-5-7-11(8-6-10)18-9-13-16-14(4-2)19-17-13/h5-8,12H,3-4,9,15H2,1-2H3/t12-/m1/s1. The molecule has 1 aromatic heterocycles. The molecule has 0 saturated heterocycles. The van der Waals surface area contributed by atoms with E-state index in [1.165, 1.54) is 0 Å². The molecule has 0 aliphatic carbocycles. The Balaban J connectivity index is 1.92. The second kappa shape index (κ2) is 6.33. The zero-order valence-corrected chi connectivity index (χ0v) is 11.3. The van der Waals surface area contributed by atoms with Gasteiger partial charge >= 0.3 is 0 Å². The lowest BCUT2D eigenvalue weighted by Crippen LogP contribution is -2.08. The van der Waals surface area contributed by atoms with Crippen molar-refractivity contribution in [1.29, 1.82) is 0 Å². The van der Waals surface area contributed by atoms with Crippen molar-refractivity contribution in [3.63, 3.8) is 0 Å². The minimum Gasteiger partial charge on any atom is -0.485 e. The van der Waals surface area contributed by atoms with E-state index in [4.69, 9.17) is 15.0 Å². The molecule has 5 nitrogen and oxygen atoms in total. The Bertz CT molecular complexity index is 508. The van der Waals surface area contributed by atoms with E-state index >= 15 is 0 Å². The van der Waals surface area contributed by atoms with Gasteiger partial charge in [0.25, 0.3) is 0 Å². The van der Waals surface area contributed by atoms with E-state index in [9.17, 15) is 0 Å². The van der Waals surface area contributed by atoms with E-state index in [2.05, 4.69) is 17.1 Å². The van der Waals surface area contributed by atoms with E-state index in [1.54, 1.807) is 0 Å². The summed E-state index contributed by atoms with van der Waals surface area (Å²) in [5.41, 5.74) is 7.07. The highest BCUT2D eigenvalue weighted by Crippen LogP contribution is 2.18. The molecule has 1 aromatic carbocycles. The van der Waals surface area contributed by atoms with Gasteiger partial charge in [-0.05, 0) is 24.1 Å². The molecule has 102 valence electrons. The Morgan fingerprint density at radius 1 is 1.26 bits per heavy atom. The molecule has 0 amide bonds. The van der Waals surface area contributed by atoms with Crippen LogP contribution in [0, 0.1) is 0 Å². The Labute approximate surface area is 112 Å². The number of nitrogens with two attached hydrogens (primary N) is 1. The lowest BCUT2D eigenvalue weighted by molar-refractivity contribution is 0.285. The van der Waals surface area contributed by atoms with Crippen LogP contribution in [0.4, 0.5) is 0 Å². The first-order chi connectivity index (χ1) is 9.22. The van der Waals surface area contributed by atoms with Gasteiger partial charge in [-0.25, -0.2) is 0 Å². The summed E-state index contributed by atoms with van der Waals surface area (Å²) in [6.07, 6.45) is 1.65. The molecule has 19 heavy (non-hydrogen) atoms. The van der Waals surface area contributed by atoms with Crippen LogP contribution in [0.5, 0.6) is 5.75 Å². The molecule has 0 spiro atoms. The van der Waals surface area contributed by atoms with Crippen LogP contribution in [-0.4, -0.2) is 10.1 Å². The van der Waals surface area contributed by atoms with Gasteiger partial charge in [0.1, 0.15) is 5.75 Å². The van der Waals surface area contributed by atoms with Crippen LogP contribution in [0.15, 0.2) is 28.8 Å². The molecule has 1 heterocycles. The van der Waals surface area contributed by atoms with Gasteiger partial charge in [0.05, 0.1) is 0 Å². The Morgan fingerprint density at radius 3 is 2.58 bits per heavy atom. The quantitative estimate of drug-likeness (QED) is 0.865. The lowest BCUT2D eigenvalue weighted by atomic mass is 10.1. The fourth-order valence-corrected chi connectivity index (χ4v) is 1.69. The molecule has 0 saturated carbocycles. The summed E-state index contributed by atoms with van der Waals surface area (Å²) in [5, 5.41) is 3.83. The van der Waals surface area contributed by atoms with Crippen LogP contribution in [0.25, 0.3) is 0 Å². The first kappa shape index (κ1) is 13.5. The minimum atomic E-state index is 0.0818. The van der Waals surface area contributed by atoms with Crippen molar-refractivity contribution in [1.82, 2.24) is 10.1 Å². The highest BCUT2D eigenvalue weighted by molar-refractivity contribution is 5.29. The first-order valence-corrected chi connectivity index (χ1v) is 6.52. The van der Waals surface area contributed by atoms with Crippen molar-refractivity contribution in [3.8, 4) is 5.75 Å². The fourth-order valence-electron chi connectivity index (χ4n) is 1.69. The van der Waals surface area contributed by atoms with Crippen LogP contribution < -0.4 is 10.5 Å². The van der Waals surface area contributed by atoms with Crippen LogP contribution >= 0.6 is 0 Å². The topological polar surface area (TPSA) is 74.2 Å². The summed E-state index contributed by atoms with van der Waals surface area (Å²) in [6.45, 7) is 4.34. The van der Waals surface area contributed by atoms with E-state index in [1.807, 2.05) is 31.2 Å². The van der Waals surface area contributed by atoms with E-state index in [-0.39, 0.29) is 6.04 Å². The van der Waals surface area contributed by atoms with E-state index in [0.29, 0.717) is 18.3 Å². The number of hydrogen-bond donors (Lipinski definition) is 1.